The summed E-state index contributed by atoms with van der Waals surface area (Å²) in [6.45, 7) is 2.41. The third-order valence-corrected chi connectivity index (χ3v) is 7.15. The number of nitro benzene ring substituents is 1. The summed E-state index contributed by atoms with van der Waals surface area (Å²) in [5.74, 6) is -0.0842. The van der Waals surface area contributed by atoms with Crippen molar-refractivity contribution in [2.45, 2.75) is 43.5 Å². The van der Waals surface area contributed by atoms with Crippen molar-refractivity contribution < 1.29 is 22.9 Å². The lowest BCUT2D eigenvalue weighted by molar-refractivity contribution is -0.385. The van der Waals surface area contributed by atoms with E-state index in [0.717, 1.165) is 19.3 Å². The van der Waals surface area contributed by atoms with E-state index in [1.54, 1.807) is 31.2 Å². The van der Waals surface area contributed by atoms with Gasteiger partial charge < -0.3 is 9.64 Å². The number of nitro groups is 1. The van der Waals surface area contributed by atoms with Crippen molar-refractivity contribution in [1.82, 2.24) is 4.90 Å². The summed E-state index contributed by atoms with van der Waals surface area (Å²) in [7, 11) is -3.70. The lowest BCUT2D eigenvalue weighted by Gasteiger charge is -2.37. The molecule has 0 amide bonds. The third kappa shape index (κ3) is 4.22. The first-order chi connectivity index (χ1) is 15.3. The maximum Gasteiger partial charge on any atom is 0.338 e. The van der Waals surface area contributed by atoms with Crippen LogP contribution in [0.5, 0.6) is 0 Å². The second-order valence-corrected chi connectivity index (χ2v) is 9.48. The van der Waals surface area contributed by atoms with Gasteiger partial charge in [-0.1, -0.05) is 12.1 Å². The minimum atomic E-state index is -3.70. The molecule has 2 aliphatic rings. The van der Waals surface area contributed by atoms with Crippen LogP contribution in [0.3, 0.4) is 0 Å². The Labute approximate surface area is 185 Å². The summed E-state index contributed by atoms with van der Waals surface area (Å²) in [6.07, 6.45) is 3.30. The molecule has 0 aromatic heterocycles. The molecule has 0 saturated carbocycles. The first kappa shape index (κ1) is 21.9. The number of aryl methyl sites for hydroxylation is 1. The highest BCUT2D eigenvalue weighted by Gasteiger charge is 2.35. The number of benzene rings is 2. The molecule has 2 aromatic rings. The molecule has 0 radical (unpaired) electrons. The van der Waals surface area contributed by atoms with Crippen LogP contribution < -0.4 is 0 Å². The molecular formula is C22H23N3O6S. The third-order valence-electron chi connectivity index (χ3n) is 5.83. The quantitative estimate of drug-likeness (QED) is 0.383. The smallest absolute Gasteiger partial charge is 0.338 e. The Morgan fingerprint density at radius 2 is 2.03 bits per heavy atom. The highest BCUT2D eigenvalue weighted by molar-refractivity contribution is 7.90. The lowest BCUT2D eigenvalue weighted by atomic mass is 9.98. The second kappa shape index (κ2) is 8.70. The van der Waals surface area contributed by atoms with E-state index in [4.69, 9.17) is 4.74 Å². The van der Waals surface area contributed by atoms with Crippen molar-refractivity contribution >= 4 is 27.5 Å². The summed E-state index contributed by atoms with van der Waals surface area (Å²) < 4.78 is 34.3. The SMILES string of the molecule is Cc1cc(C(=O)OCC[C@H]2CCCCN2C2=NS(=O)(=O)c3ccccc32)ccc1[N+](=O)[O-]. The number of hydrogen-bond acceptors (Lipinski definition) is 7. The van der Waals surface area contributed by atoms with E-state index in [2.05, 4.69) is 4.40 Å². The number of likely N-dealkylation sites (tertiary alicyclic amines) is 1. The van der Waals surface area contributed by atoms with E-state index in [1.165, 1.54) is 18.2 Å². The summed E-state index contributed by atoms with van der Waals surface area (Å²) in [5, 5.41) is 10.9. The van der Waals surface area contributed by atoms with Gasteiger partial charge in [0, 0.05) is 36.2 Å². The number of sulfonamides is 1. The average Bonchev–Trinajstić information content (AvgIpc) is 3.04. The van der Waals surface area contributed by atoms with Crippen molar-refractivity contribution in [3.63, 3.8) is 0 Å². The molecule has 0 N–H and O–H groups in total. The Hall–Kier alpha value is -3.27. The molecule has 32 heavy (non-hydrogen) atoms. The molecule has 2 aromatic carbocycles. The summed E-state index contributed by atoms with van der Waals surface area (Å²) >= 11 is 0. The molecule has 10 heteroatoms. The fourth-order valence-corrected chi connectivity index (χ4v) is 5.45. The van der Waals surface area contributed by atoms with E-state index >= 15 is 0 Å². The van der Waals surface area contributed by atoms with Crippen molar-refractivity contribution in [3.8, 4) is 0 Å². The van der Waals surface area contributed by atoms with E-state index in [-0.39, 0.29) is 28.8 Å². The van der Waals surface area contributed by atoms with Gasteiger partial charge in [0.15, 0.2) is 5.84 Å². The highest BCUT2D eigenvalue weighted by atomic mass is 32.2. The van der Waals surface area contributed by atoms with Crippen LogP contribution in [0.15, 0.2) is 51.8 Å². The van der Waals surface area contributed by atoms with Crippen LogP contribution in [-0.4, -0.2) is 49.2 Å². The molecule has 1 atom stereocenters. The molecule has 1 fully saturated rings. The number of carbonyl (C=O) groups excluding carboxylic acids is 1. The first-order valence-electron chi connectivity index (χ1n) is 10.4. The normalized spacial score (nSPS) is 19.2. The standard InChI is InChI=1S/C22H23N3O6S/c1-15-14-16(9-10-19(15)25(27)28)22(26)31-13-11-17-6-4-5-12-24(17)21-18-7-2-3-8-20(18)32(29,30)23-21/h2-3,7-10,14,17H,4-6,11-13H2,1H3/t17-/m1/s1. The van der Waals surface area contributed by atoms with E-state index < -0.39 is 20.9 Å². The van der Waals surface area contributed by atoms with Gasteiger partial charge in [-0.05, 0) is 50.5 Å². The van der Waals surface area contributed by atoms with Crippen molar-refractivity contribution in [2.24, 2.45) is 4.40 Å². The highest BCUT2D eigenvalue weighted by Crippen LogP contribution is 2.31. The molecule has 0 bridgehead atoms. The van der Waals surface area contributed by atoms with Gasteiger partial charge >= 0.3 is 5.97 Å². The van der Waals surface area contributed by atoms with Crippen LogP contribution in [0, 0.1) is 17.0 Å². The van der Waals surface area contributed by atoms with Gasteiger partial charge in [-0.2, -0.15) is 8.42 Å². The van der Waals surface area contributed by atoms with Crippen LogP contribution in [0.4, 0.5) is 5.69 Å². The molecule has 168 valence electrons. The number of fused-ring (bicyclic) bond motifs is 1. The molecule has 0 unspecified atom stereocenters. The second-order valence-electron chi connectivity index (χ2n) is 7.91. The largest absolute Gasteiger partial charge is 0.462 e. The van der Waals surface area contributed by atoms with E-state index in [9.17, 15) is 23.3 Å². The number of carbonyl (C=O) groups is 1. The molecule has 2 aliphatic heterocycles. The van der Waals surface area contributed by atoms with Gasteiger partial charge in [-0.15, -0.1) is 4.40 Å². The zero-order chi connectivity index (χ0) is 22.9. The van der Waals surface area contributed by atoms with Crippen LogP contribution in [-0.2, 0) is 14.8 Å². The van der Waals surface area contributed by atoms with Crippen molar-refractivity contribution in [1.29, 1.82) is 0 Å². The maximum atomic E-state index is 12.4. The average molecular weight is 458 g/mol. The van der Waals surface area contributed by atoms with Crippen LogP contribution >= 0.6 is 0 Å². The Kier molecular flexibility index (Phi) is 5.96. The van der Waals surface area contributed by atoms with Crippen LogP contribution in [0.2, 0.25) is 0 Å². The Bertz CT molecular complexity index is 1210. The molecule has 1 saturated heterocycles. The monoisotopic (exact) mass is 457 g/mol. The number of rotatable bonds is 5. The number of amidine groups is 1. The van der Waals surface area contributed by atoms with E-state index in [0.29, 0.717) is 29.9 Å². The zero-order valence-corrected chi connectivity index (χ0v) is 18.4. The fourth-order valence-electron chi connectivity index (χ4n) is 4.23. The Morgan fingerprint density at radius 1 is 1.25 bits per heavy atom. The summed E-state index contributed by atoms with van der Waals surface area (Å²) in [6, 6.07) is 10.9. The zero-order valence-electron chi connectivity index (χ0n) is 17.6. The van der Waals surface area contributed by atoms with Crippen molar-refractivity contribution in [3.05, 3.63) is 69.3 Å². The molecule has 4 rings (SSSR count). The predicted octanol–water partition coefficient (Wildman–Crippen LogP) is 3.45. The first-order valence-corrected chi connectivity index (χ1v) is 11.8. The van der Waals surface area contributed by atoms with Gasteiger partial charge in [0.1, 0.15) is 4.90 Å². The maximum absolute atomic E-state index is 12.4. The Morgan fingerprint density at radius 3 is 2.78 bits per heavy atom. The lowest BCUT2D eigenvalue weighted by Crippen LogP contribution is -2.44. The molecular weight excluding hydrogens is 434 g/mol. The topological polar surface area (TPSA) is 119 Å². The van der Waals surface area contributed by atoms with E-state index in [1.807, 2.05) is 4.90 Å². The molecule has 2 heterocycles. The minimum Gasteiger partial charge on any atom is -0.462 e. The van der Waals surface area contributed by atoms with Gasteiger partial charge in [0.2, 0.25) is 0 Å². The van der Waals surface area contributed by atoms with Crippen molar-refractivity contribution in [2.75, 3.05) is 13.2 Å². The molecule has 0 spiro atoms. The van der Waals surface area contributed by atoms with Gasteiger partial charge in [0.25, 0.3) is 15.7 Å². The number of hydrogen-bond donors (Lipinski definition) is 0. The number of esters is 1. The molecule has 9 nitrogen and oxygen atoms in total. The van der Waals surface area contributed by atoms with Gasteiger partial charge in [0.05, 0.1) is 17.1 Å². The fraction of sp³-hybridized carbons (Fsp3) is 0.364. The van der Waals surface area contributed by atoms with Gasteiger partial charge in [-0.25, -0.2) is 4.79 Å². The minimum absolute atomic E-state index is 0.00440. The number of nitrogens with zero attached hydrogens (tertiary/aromatic N) is 3. The summed E-state index contributed by atoms with van der Waals surface area (Å²) in [4.78, 5) is 25.1. The number of piperidine rings is 1. The van der Waals surface area contributed by atoms with Gasteiger partial charge in [-0.3, -0.25) is 10.1 Å². The van der Waals surface area contributed by atoms with Crippen LogP contribution in [0.1, 0.15) is 47.2 Å². The predicted molar refractivity (Wildman–Crippen MR) is 117 cm³/mol. The Balaban J connectivity index is 1.44. The molecule has 0 aliphatic carbocycles. The van der Waals surface area contributed by atoms with Crippen LogP contribution in [0.25, 0.3) is 0 Å². The summed E-state index contributed by atoms with van der Waals surface area (Å²) in [5.41, 5.74) is 1.21. The number of ether oxygens (including phenoxy) is 1.